The van der Waals surface area contributed by atoms with Gasteiger partial charge < -0.3 is 0 Å². The molecule has 2 heteroatoms. The molecule has 0 rings (SSSR count). The van der Waals surface area contributed by atoms with E-state index >= 15 is 0 Å². The van der Waals surface area contributed by atoms with Crippen LogP contribution in [0.1, 0.15) is 39.0 Å². The lowest BCUT2D eigenvalue weighted by atomic mass is 10.1. The Kier molecular flexibility index (Phi) is 6.79. The molecule has 0 aromatic carbocycles. The van der Waals surface area contributed by atoms with E-state index in [1.54, 1.807) is 6.08 Å². The molecule has 0 aliphatic rings. The van der Waals surface area contributed by atoms with Crippen LogP contribution in [0.3, 0.4) is 0 Å². The van der Waals surface area contributed by atoms with Gasteiger partial charge in [-0.2, -0.15) is 0 Å². The quantitative estimate of drug-likeness (QED) is 0.427. The summed E-state index contributed by atoms with van der Waals surface area (Å²) in [6.07, 6.45) is 8.91. The molecular formula is C9H16NO. The smallest absolute Gasteiger partial charge is 0.262 e. The Hall–Kier alpha value is -0.790. The van der Waals surface area contributed by atoms with Gasteiger partial charge in [0.25, 0.3) is 5.91 Å². The minimum absolute atomic E-state index is 0.597. The molecule has 11 heavy (non-hydrogen) atoms. The fourth-order valence-electron chi connectivity index (χ4n) is 0.879. The van der Waals surface area contributed by atoms with Gasteiger partial charge in [-0.05, 0) is 12.8 Å². The van der Waals surface area contributed by atoms with Crippen LogP contribution >= 0.6 is 0 Å². The van der Waals surface area contributed by atoms with Crippen LogP contribution in [0, 0.1) is 0 Å². The molecule has 0 spiro atoms. The molecule has 0 saturated heterocycles. The van der Waals surface area contributed by atoms with Crippen molar-refractivity contribution in [2.75, 3.05) is 0 Å². The number of carbonyl (C=O) groups is 1. The van der Waals surface area contributed by atoms with Gasteiger partial charge in [0, 0.05) is 6.08 Å². The molecule has 0 unspecified atom stereocenters. The normalized spacial score (nSPS) is 10.6. The molecule has 0 fully saturated rings. The van der Waals surface area contributed by atoms with Crippen LogP contribution in [0.25, 0.3) is 0 Å². The van der Waals surface area contributed by atoms with E-state index in [9.17, 15) is 4.79 Å². The fraction of sp³-hybridized carbons (Fsp3) is 0.667. The third-order valence-electron chi connectivity index (χ3n) is 1.49. The van der Waals surface area contributed by atoms with E-state index in [0.717, 1.165) is 12.8 Å². The predicted octanol–water partition coefficient (Wildman–Crippen LogP) is 2.32. The SMILES string of the molecule is CCCCCCC=CC([NH])=O. The highest BCUT2D eigenvalue weighted by molar-refractivity contribution is 5.84. The molecule has 0 atom stereocenters. The lowest BCUT2D eigenvalue weighted by molar-refractivity contribution is -0.114. The lowest BCUT2D eigenvalue weighted by Gasteiger charge is -1.92. The molecule has 0 heterocycles. The van der Waals surface area contributed by atoms with Crippen molar-refractivity contribution in [1.82, 2.24) is 5.73 Å². The summed E-state index contributed by atoms with van der Waals surface area (Å²) in [6.45, 7) is 2.17. The van der Waals surface area contributed by atoms with Crippen molar-refractivity contribution < 1.29 is 4.79 Å². The molecule has 63 valence electrons. The topological polar surface area (TPSA) is 40.9 Å². The van der Waals surface area contributed by atoms with Crippen LogP contribution in [-0.2, 0) is 4.79 Å². The van der Waals surface area contributed by atoms with E-state index in [1.807, 2.05) is 0 Å². The lowest BCUT2D eigenvalue weighted by Crippen LogP contribution is -1.89. The van der Waals surface area contributed by atoms with Crippen LogP contribution in [-0.4, -0.2) is 5.91 Å². The van der Waals surface area contributed by atoms with Gasteiger partial charge in [-0.25, -0.2) is 0 Å². The monoisotopic (exact) mass is 154 g/mol. The van der Waals surface area contributed by atoms with Crippen LogP contribution in [0.2, 0.25) is 0 Å². The Balaban J connectivity index is 3.07. The molecule has 1 amide bonds. The van der Waals surface area contributed by atoms with E-state index in [1.165, 1.54) is 25.3 Å². The van der Waals surface area contributed by atoms with E-state index in [2.05, 4.69) is 6.92 Å². The maximum atomic E-state index is 10.1. The molecule has 0 aliphatic heterocycles. The first kappa shape index (κ1) is 10.2. The number of hydrogen-bond donors (Lipinski definition) is 0. The van der Waals surface area contributed by atoms with Crippen molar-refractivity contribution >= 4 is 5.91 Å². The Morgan fingerprint density at radius 1 is 1.36 bits per heavy atom. The van der Waals surface area contributed by atoms with Gasteiger partial charge in [0.05, 0.1) is 0 Å². The summed E-state index contributed by atoms with van der Waals surface area (Å²) >= 11 is 0. The highest BCUT2D eigenvalue weighted by atomic mass is 16.1. The molecule has 0 aromatic rings. The molecule has 0 bridgehead atoms. The first-order valence-corrected chi connectivity index (χ1v) is 4.19. The van der Waals surface area contributed by atoms with Crippen molar-refractivity contribution in [2.24, 2.45) is 0 Å². The van der Waals surface area contributed by atoms with Gasteiger partial charge in [-0.15, -0.1) is 0 Å². The number of allylic oxidation sites excluding steroid dienone is 1. The average Bonchev–Trinajstić information content (AvgIpc) is 1.96. The zero-order chi connectivity index (χ0) is 8.53. The van der Waals surface area contributed by atoms with Crippen molar-refractivity contribution in [3.05, 3.63) is 12.2 Å². The van der Waals surface area contributed by atoms with Gasteiger partial charge in [0.15, 0.2) is 0 Å². The van der Waals surface area contributed by atoms with Crippen LogP contribution in [0.4, 0.5) is 0 Å². The minimum atomic E-state index is -0.597. The second-order valence-corrected chi connectivity index (χ2v) is 2.62. The summed E-state index contributed by atoms with van der Waals surface area (Å²) in [7, 11) is 0. The molecule has 0 saturated carbocycles. The number of rotatable bonds is 6. The van der Waals surface area contributed by atoms with E-state index < -0.39 is 5.91 Å². The van der Waals surface area contributed by atoms with Gasteiger partial charge in [0.2, 0.25) is 0 Å². The predicted molar refractivity (Wildman–Crippen MR) is 46.0 cm³/mol. The summed E-state index contributed by atoms with van der Waals surface area (Å²) in [5.41, 5.74) is 6.57. The molecule has 2 nitrogen and oxygen atoms in total. The molecule has 1 radical (unpaired) electrons. The highest BCUT2D eigenvalue weighted by Crippen LogP contribution is 2.02. The molecule has 0 aliphatic carbocycles. The van der Waals surface area contributed by atoms with Crippen molar-refractivity contribution in [2.45, 2.75) is 39.0 Å². The van der Waals surface area contributed by atoms with Crippen molar-refractivity contribution in [1.29, 1.82) is 0 Å². The zero-order valence-electron chi connectivity index (χ0n) is 7.10. The first-order chi connectivity index (χ1) is 5.27. The van der Waals surface area contributed by atoms with Gasteiger partial charge in [-0.3, -0.25) is 10.5 Å². The standard InChI is InChI=1S/C9H16NO/c1-2-3-4-5-6-7-8-9(10)11/h7-8,10H,2-6H2,1H3. The Labute approximate surface area is 68.5 Å². The second-order valence-electron chi connectivity index (χ2n) is 2.62. The third kappa shape index (κ3) is 9.21. The summed E-state index contributed by atoms with van der Waals surface area (Å²) in [5.74, 6) is -0.597. The molecule has 1 N–H and O–H groups in total. The average molecular weight is 154 g/mol. The second kappa shape index (κ2) is 7.32. The van der Waals surface area contributed by atoms with E-state index in [4.69, 9.17) is 5.73 Å². The Morgan fingerprint density at radius 3 is 2.64 bits per heavy atom. The summed E-state index contributed by atoms with van der Waals surface area (Å²) in [5, 5.41) is 0. The number of carbonyl (C=O) groups excluding carboxylic acids is 1. The Bertz CT molecular complexity index is 130. The maximum absolute atomic E-state index is 10.1. The van der Waals surface area contributed by atoms with Crippen LogP contribution < -0.4 is 5.73 Å². The Morgan fingerprint density at radius 2 is 2.09 bits per heavy atom. The van der Waals surface area contributed by atoms with Crippen LogP contribution in [0.15, 0.2) is 12.2 Å². The number of nitrogens with one attached hydrogen (secondary N) is 1. The number of amides is 1. The summed E-state index contributed by atoms with van der Waals surface area (Å²) in [6, 6.07) is 0. The maximum Gasteiger partial charge on any atom is 0.262 e. The van der Waals surface area contributed by atoms with E-state index in [-0.39, 0.29) is 0 Å². The van der Waals surface area contributed by atoms with Crippen molar-refractivity contribution in [3.63, 3.8) is 0 Å². The number of hydrogen-bond acceptors (Lipinski definition) is 1. The van der Waals surface area contributed by atoms with Gasteiger partial charge in [-0.1, -0.05) is 32.3 Å². The van der Waals surface area contributed by atoms with E-state index in [0.29, 0.717) is 0 Å². The molecule has 0 aromatic heterocycles. The largest absolute Gasteiger partial charge is 0.268 e. The highest BCUT2D eigenvalue weighted by Gasteiger charge is 1.85. The minimum Gasteiger partial charge on any atom is -0.268 e. The zero-order valence-corrected chi connectivity index (χ0v) is 7.10. The third-order valence-corrected chi connectivity index (χ3v) is 1.49. The fourth-order valence-corrected chi connectivity index (χ4v) is 0.879. The molecular weight excluding hydrogens is 138 g/mol. The number of unbranched alkanes of at least 4 members (excludes halogenated alkanes) is 4. The van der Waals surface area contributed by atoms with Crippen molar-refractivity contribution in [3.8, 4) is 0 Å². The first-order valence-electron chi connectivity index (χ1n) is 4.19. The summed E-state index contributed by atoms with van der Waals surface area (Å²) < 4.78 is 0. The van der Waals surface area contributed by atoms with Gasteiger partial charge in [0.1, 0.15) is 0 Å². The van der Waals surface area contributed by atoms with Crippen LogP contribution in [0.5, 0.6) is 0 Å². The summed E-state index contributed by atoms with van der Waals surface area (Å²) in [4.78, 5) is 10.1. The van der Waals surface area contributed by atoms with Gasteiger partial charge >= 0.3 is 0 Å².